The first-order valence-electron chi connectivity index (χ1n) is 17.2. The number of azo groups is 2. The number of carbonyl (C=O) groups is 1. The van der Waals surface area contributed by atoms with E-state index in [0.717, 1.165) is 36.4 Å². The van der Waals surface area contributed by atoms with Crippen molar-refractivity contribution in [3.05, 3.63) is 90.5 Å². The molecule has 0 aliphatic rings. The molecule has 0 spiro atoms. The molecule has 0 unspecified atom stereocenters. The number of carbonyl (C=O) groups excluding carboxylic acids is 1. The van der Waals surface area contributed by atoms with Crippen LogP contribution >= 0.6 is 0 Å². The summed E-state index contributed by atoms with van der Waals surface area (Å²) in [6, 6.07) is 15.0. The highest BCUT2D eigenvalue weighted by atomic mass is 32.3. The van der Waals surface area contributed by atoms with Gasteiger partial charge in [0.25, 0.3) is 26.1 Å². The number of benzene rings is 5. The lowest BCUT2D eigenvalue weighted by atomic mass is 10.1. The second-order valence-electron chi connectivity index (χ2n) is 12.8. The van der Waals surface area contributed by atoms with E-state index >= 15 is 0 Å². The van der Waals surface area contributed by atoms with Crippen molar-refractivity contribution in [3.8, 4) is 5.75 Å². The molecule has 32 heteroatoms. The third kappa shape index (κ3) is 13.1. The Morgan fingerprint density at radius 3 is 1.63 bits per heavy atom. The molecule has 0 saturated heterocycles. The molecule has 65 heavy (non-hydrogen) atoms. The van der Waals surface area contributed by atoms with Crippen molar-refractivity contribution in [2.45, 2.75) is 19.6 Å². The van der Waals surface area contributed by atoms with Crippen LogP contribution in [0.15, 0.2) is 125 Å². The van der Waals surface area contributed by atoms with Crippen LogP contribution in [0.25, 0.3) is 10.8 Å². The summed E-state index contributed by atoms with van der Waals surface area (Å²) >= 11 is 0. The number of amides is 1. The molecule has 8 N–H and O–H groups in total. The van der Waals surface area contributed by atoms with Gasteiger partial charge in [-0.05, 0) is 84.9 Å². The van der Waals surface area contributed by atoms with Crippen molar-refractivity contribution < 1.29 is 87.0 Å². The molecule has 0 aromatic heterocycles. The SMILES string of the molecule is Nc1ccc2c(O)c(N=Nc3ccc(C(=O)Nc4ccc(S(=O)(=O)CCOS(=O)(=O)O)cc4)cc3)c(S(=O)(=O)O)cc2c1N=Nc1ccc(S(=O)(=O)CCOS(=O)(=O)O)cc1S(=O)(=O)O. The number of aromatic hydroxyl groups is 1. The van der Waals surface area contributed by atoms with Gasteiger partial charge >= 0.3 is 20.8 Å². The molecule has 5 aromatic rings. The van der Waals surface area contributed by atoms with E-state index in [1.807, 2.05) is 0 Å². The number of sulfone groups is 2. The Bertz CT molecular complexity index is 3460. The number of nitrogens with one attached hydrogen (secondary N) is 1. The minimum atomic E-state index is -5.26. The monoisotopic (exact) mass is 1020 g/mol. The first-order valence-corrected chi connectivity index (χ1v) is 26.1. The predicted octanol–water partition coefficient (Wildman–Crippen LogP) is 3.89. The Kier molecular flexibility index (Phi) is 14.6. The number of nitrogens with two attached hydrogens (primary N) is 1. The van der Waals surface area contributed by atoms with E-state index in [1.165, 1.54) is 42.5 Å². The number of hydrogen-bond acceptors (Lipinski definition) is 21. The van der Waals surface area contributed by atoms with E-state index in [2.05, 4.69) is 34.1 Å². The Morgan fingerprint density at radius 2 is 1.09 bits per heavy atom. The van der Waals surface area contributed by atoms with Crippen molar-refractivity contribution in [1.29, 1.82) is 0 Å². The van der Waals surface area contributed by atoms with Gasteiger partial charge in [0.1, 0.15) is 26.9 Å². The first-order chi connectivity index (χ1) is 29.9. The van der Waals surface area contributed by atoms with Gasteiger partial charge in [-0.3, -0.25) is 23.0 Å². The zero-order valence-electron chi connectivity index (χ0n) is 32.1. The average molecular weight is 1020 g/mol. The molecule has 0 aliphatic carbocycles. The minimum absolute atomic E-state index is 0.0124. The average Bonchev–Trinajstić information content (AvgIpc) is 3.18. The molecule has 1 amide bonds. The fourth-order valence-electron chi connectivity index (χ4n) is 5.38. The molecular weight excluding hydrogens is 993 g/mol. The summed E-state index contributed by atoms with van der Waals surface area (Å²) in [7, 11) is -28.9. The summed E-state index contributed by atoms with van der Waals surface area (Å²) in [5, 5.41) is 28.5. The fourth-order valence-corrected chi connectivity index (χ4v) is 9.75. The number of nitrogens with zero attached hydrogens (tertiary/aromatic N) is 4. The number of phenolic OH excluding ortho intramolecular Hbond substituents is 1. The lowest BCUT2D eigenvalue weighted by molar-refractivity contribution is 0.102. The summed E-state index contributed by atoms with van der Waals surface area (Å²) in [6.07, 6.45) is 0. The summed E-state index contributed by atoms with van der Waals surface area (Å²) < 4.78 is 188. The number of anilines is 2. The van der Waals surface area contributed by atoms with Crippen LogP contribution in [0.2, 0.25) is 0 Å². The van der Waals surface area contributed by atoms with Crippen LogP contribution in [0, 0.1) is 0 Å². The van der Waals surface area contributed by atoms with Crippen molar-refractivity contribution in [2.75, 3.05) is 35.8 Å². The van der Waals surface area contributed by atoms with E-state index in [-0.39, 0.29) is 38.3 Å². The summed E-state index contributed by atoms with van der Waals surface area (Å²) in [5.41, 5.74) is 4.04. The van der Waals surface area contributed by atoms with Gasteiger partial charge in [0.15, 0.2) is 25.4 Å². The Balaban J connectivity index is 1.40. The minimum Gasteiger partial charge on any atom is -0.505 e. The standard InChI is InChI=1S/C33H30N6O20S6/c34-26-11-10-24-25(30(26)38-37-27-12-9-23(17-28(27)62(46,47)48)61(44,45)16-14-59-65(55,56)57)18-29(63(49,50)51)31(32(24)40)39-36-21-3-1-19(2-4-21)33(41)35-20-5-7-22(8-6-20)60(42,43)15-13-58-64(52,53)54/h1-12,17-18,40H,13-16,34H2,(H,35,41)(H,46,47,48)(H,49,50,51)(H,52,53,54)(H,55,56,57). The lowest BCUT2D eigenvalue weighted by Crippen LogP contribution is -2.16. The van der Waals surface area contributed by atoms with E-state index in [0.29, 0.717) is 6.07 Å². The third-order valence-corrected chi connectivity index (χ3v) is 14.4. The van der Waals surface area contributed by atoms with Crippen LogP contribution in [-0.4, -0.2) is 104 Å². The Morgan fingerprint density at radius 1 is 0.569 bits per heavy atom. The maximum atomic E-state index is 12.9. The number of nitrogen functional groups attached to an aromatic ring is 1. The number of hydrogen-bond donors (Lipinski definition) is 7. The zero-order chi connectivity index (χ0) is 48.3. The predicted molar refractivity (Wildman–Crippen MR) is 224 cm³/mol. The molecule has 26 nitrogen and oxygen atoms in total. The second-order valence-corrected chi connectivity index (χ2v) is 22.0. The molecule has 0 aliphatic heterocycles. The van der Waals surface area contributed by atoms with Crippen LogP contribution in [0.1, 0.15) is 10.4 Å². The van der Waals surface area contributed by atoms with Crippen LogP contribution < -0.4 is 11.1 Å². The van der Waals surface area contributed by atoms with E-state index in [9.17, 15) is 69.5 Å². The lowest BCUT2D eigenvalue weighted by Gasteiger charge is -2.12. The molecule has 0 fully saturated rings. The highest BCUT2D eigenvalue weighted by molar-refractivity contribution is 7.92. The van der Waals surface area contributed by atoms with Gasteiger partial charge in [0, 0.05) is 22.0 Å². The van der Waals surface area contributed by atoms with Gasteiger partial charge in [-0.25, -0.2) is 25.2 Å². The molecule has 0 saturated carbocycles. The van der Waals surface area contributed by atoms with E-state index < -0.39 is 129 Å². The van der Waals surface area contributed by atoms with E-state index in [1.54, 1.807) is 0 Å². The summed E-state index contributed by atoms with van der Waals surface area (Å²) in [5.74, 6) is -3.43. The summed E-state index contributed by atoms with van der Waals surface area (Å²) in [4.78, 5) is 9.71. The molecule has 0 atom stereocenters. The van der Waals surface area contributed by atoms with Gasteiger partial charge in [0.05, 0.1) is 45.9 Å². The number of rotatable bonds is 18. The van der Waals surface area contributed by atoms with E-state index in [4.69, 9.17) is 14.8 Å². The van der Waals surface area contributed by atoms with Crippen LogP contribution in [0.3, 0.4) is 0 Å². The van der Waals surface area contributed by atoms with Crippen LogP contribution in [-0.2, 0) is 69.1 Å². The highest BCUT2D eigenvalue weighted by Crippen LogP contribution is 2.46. The van der Waals surface area contributed by atoms with Crippen molar-refractivity contribution >= 4 is 112 Å². The molecule has 0 bridgehead atoms. The maximum absolute atomic E-state index is 12.9. The molecule has 0 heterocycles. The van der Waals surface area contributed by atoms with Gasteiger partial charge < -0.3 is 16.2 Å². The maximum Gasteiger partial charge on any atom is 0.397 e. The smallest absolute Gasteiger partial charge is 0.397 e. The quantitative estimate of drug-likeness (QED) is 0.0372. The van der Waals surface area contributed by atoms with Gasteiger partial charge in [-0.15, -0.1) is 15.3 Å². The van der Waals surface area contributed by atoms with Crippen molar-refractivity contribution in [2.24, 2.45) is 20.5 Å². The first kappa shape index (κ1) is 50.1. The Hall–Kier alpha value is -5.91. The topological polar surface area (TPSA) is 429 Å². The highest BCUT2D eigenvalue weighted by Gasteiger charge is 2.26. The second kappa shape index (κ2) is 18.9. The normalized spacial score (nSPS) is 13.2. The number of fused-ring (bicyclic) bond motifs is 1. The van der Waals surface area contributed by atoms with Gasteiger partial charge in [-0.2, -0.15) is 38.8 Å². The molecule has 5 rings (SSSR count). The van der Waals surface area contributed by atoms with Gasteiger partial charge in [-0.1, -0.05) is 0 Å². The zero-order valence-corrected chi connectivity index (χ0v) is 37.0. The third-order valence-electron chi connectivity index (χ3n) is 8.38. The molecule has 0 radical (unpaired) electrons. The van der Waals surface area contributed by atoms with Crippen molar-refractivity contribution in [3.63, 3.8) is 0 Å². The summed E-state index contributed by atoms with van der Waals surface area (Å²) in [6.45, 7) is -1.91. The fraction of sp³-hybridized carbons (Fsp3) is 0.121. The Labute approximate surface area is 368 Å². The molecule has 348 valence electrons. The van der Waals surface area contributed by atoms with Gasteiger partial charge in [0.2, 0.25) is 0 Å². The number of phenols is 1. The van der Waals surface area contributed by atoms with Crippen LogP contribution in [0.4, 0.5) is 34.1 Å². The largest absolute Gasteiger partial charge is 0.505 e. The van der Waals surface area contributed by atoms with Crippen molar-refractivity contribution in [1.82, 2.24) is 0 Å². The molecule has 5 aromatic carbocycles. The van der Waals surface area contributed by atoms with Crippen LogP contribution in [0.5, 0.6) is 5.75 Å². The molecular formula is C33H30N6O20S6.